The topological polar surface area (TPSA) is 29.5 Å². The van der Waals surface area contributed by atoms with Crippen LogP contribution in [0.15, 0.2) is 42.5 Å². The third-order valence-electron chi connectivity index (χ3n) is 3.12. The van der Waals surface area contributed by atoms with Crippen LogP contribution in [0.2, 0.25) is 5.02 Å². The molecule has 4 heteroatoms. The first-order valence-electron chi connectivity index (χ1n) is 6.21. The third kappa shape index (κ3) is 2.94. The lowest BCUT2D eigenvalue weighted by molar-refractivity contribution is 0.0990. The number of rotatable bonds is 3. The molecule has 1 amide bonds. The normalized spacial score (nSPS) is 10.2. The lowest BCUT2D eigenvalue weighted by Crippen LogP contribution is -2.26. The standard InChI is InChI=1S/C16H16ClNO2/c1-11-4-7-13(8-5-11)18(2)16(19)14-9-6-12(17)10-15(14)20-3/h4-10H,1-3H3. The molecule has 20 heavy (non-hydrogen) atoms. The number of hydrogen-bond acceptors (Lipinski definition) is 2. The van der Waals surface area contributed by atoms with E-state index in [0.29, 0.717) is 16.3 Å². The van der Waals surface area contributed by atoms with E-state index in [9.17, 15) is 4.79 Å². The Kier molecular flexibility index (Phi) is 4.30. The van der Waals surface area contributed by atoms with Crippen LogP contribution < -0.4 is 9.64 Å². The van der Waals surface area contributed by atoms with Crippen molar-refractivity contribution in [2.45, 2.75) is 6.92 Å². The molecule has 0 saturated carbocycles. The van der Waals surface area contributed by atoms with Gasteiger partial charge in [0.2, 0.25) is 0 Å². The maximum Gasteiger partial charge on any atom is 0.261 e. The second-order valence-corrected chi connectivity index (χ2v) is 4.98. The van der Waals surface area contributed by atoms with Gasteiger partial charge in [-0.05, 0) is 37.3 Å². The molecule has 0 atom stereocenters. The molecule has 0 spiro atoms. The molecule has 0 aromatic heterocycles. The van der Waals surface area contributed by atoms with Gasteiger partial charge in [0.15, 0.2) is 0 Å². The van der Waals surface area contributed by atoms with E-state index in [1.165, 1.54) is 7.11 Å². The van der Waals surface area contributed by atoms with Crippen molar-refractivity contribution in [2.75, 3.05) is 19.1 Å². The number of anilines is 1. The summed E-state index contributed by atoms with van der Waals surface area (Å²) in [5.74, 6) is 0.337. The number of ether oxygens (including phenoxy) is 1. The van der Waals surface area contributed by atoms with Crippen LogP contribution in [0.1, 0.15) is 15.9 Å². The highest BCUT2D eigenvalue weighted by molar-refractivity contribution is 6.31. The Labute approximate surface area is 123 Å². The zero-order valence-corrected chi connectivity index (χ0v) is 12.4. The van der Waals surface area contributed by atoms with Crippen molar-refractivity contribution in [2.24, 2.45) is 0 Å². The predicted octanol–water partition coefficient (Wildman–Crippen LogP) is 3.93. The lowest BCUT2D eigenvalue weighted by Gasteiger charge is -2.19. The Morgan fingerprint density at radius 1 is 1.15 bits per heavy atom. The van der Waals surface area contributed by atoms with E-state index in [2.05, 4.69) is 0 Å². The molecule has 0 radical (unpaired) electrons. The Morgan fingerprint density at radius 2 is 1.80 bits per heavy atom. The number of hydrogen-bond donors (Lipinski definition) is 0. The van der Waals surface area contributed by atoms with Crippen molar-refractivity contribution in [3.8, 4) is 5.75 Å². The number of carbonyl (C=O) groups is 1. The fraction of sp³-hybridized carbons (Fsp3) is 0.188. The monoisotopic (exact) mass is 289 g/mol. The number of aryl methyl sites for hydroxylation is 1. The summed E-state index contributed by atoms with van der Waals surface area (Å²) in [7, 11) is 3.26. The minimum Gasteiger partial charge on any atom is -0.496 e. The van der Waals surface area contributed by atoms with Crippen molar-refractivity contribution in [1.29, 1.82) is 0 Å². The van der Waals surface area contributed by atoms with E-state index in [-0.39, 0.29) is 5.91 Å². The molecule has 2 rings (SSSR count). The number of methoxy groups -OCH3 is 1. The van der Waals surface area contributed by atoms with Crippen molar-refractivity contribution in [3.05, 3.63) is 58.6 Å². The Balaban J connectivity index is 2.33. The van der Waals surface area contributed by atoms with Crippen LogP contribution in [-0.4, -0.2) is 20.1 Å². The molecule has 0 fully saturated rings. The van der Waals surface area contributed by atoms with E-state index >= 15 is 0 Å². The van der Waals surface area contributed by atoms with Crippen molar-refractivity contribution in [3.63, 3.8) is 0 Å². The van der Waals surface area contributed by atoms with Gasteiger partial charge >= 0.3 is 0 Å². The van der Waals surface area contributed by atoms with Gasteiger partial charge in [0.05, 0.1) is 12.7 Å². The SMILES string of the molecule is COc1cc(Cl)ccc1C(=O)N(C)c1ccc(C)cc1. The smallest absolute Gasteiger partial charge is 0.261 e. The fourth-order valence-electron chi connectivity index (χ4n) is 1.91. The lowest BCUT2D eigenvalue weighted by atomic mass is 10.1. The minimum absolute atomic E-state index is 0.137. The first-order valence-corrected chi connectivity index (χ1v) is 6.59. The summed E-state index contributed by atoms with van der Waals surface area (Å²) in [6.45, 7) is 2.01. The molecule has 0 N–H and O–H groups in total. The number of benzene rings is 2. The summed E-state index contributed by atoms with van der Waals surface area (Å²) in [6.07, 6.45) is 0. The average molecular weight is 290 g/mol. The summed E-state index contributed by atoms with van der Waals surface area (Å²) in [4.78, 5) is 14.1. The van der Waals surface area contributed by atoms with Crippen molar-refractivity contribution in [1.82, 2.24) is 0 Å². The number of halogens is 1. The van der Waals surface area contributed by atoms with E-state index in [0.717, 1.165) is 11.3 Å². The van der Waals surface area contributed by atoms with Crippen LogP contribution in [0.25, 0.3) is 0 Å². The number of nitrogens with zero attached hydrogens (tertiary/aromatic N) is 1. The third-order valence-corrected chi connectivity index (χ3v) is 3.35. The van der Waals surface area contributed by atoms with Gasteiger partial charge in [-0.1, -0.05) is 29.3 Å². The highest BCUT2D eigenvalue weighted by Gasteiger charge is 2.18. The second kappa shape index (κ2) is 5.97. The second-order valence-electron chi connectivity index (χ2n) is 4.54. The maximum absolute atomic E-state index is 12.5. The number of amides is 1. The molecule has 2 aromatic carbocycles. The molecule has 0 aliphatic carbocycles. The molecule has 0 aliphatic rings. The van der Waals surface area contributed by atoms with Gasteiger partial charge < -0.3 is 9.64 Å². The van der Waals surface area contributed by atoms with Gasteiger partial charge in [-0.3, -0.25) is 4.79 Å². The van der Waals surface area contributed by atoms with Gasteiger partial charge in [-0.15, -0.1) is 0 Å². The first kappa shape index (κ1) is 14.4. The Bertz CT molecular complexity index is 623. The highest BCUT2D eigenvalue weighted by Crippen LogP contribution is 2.26. The Morgan fingerprint density at radius 3 is 2.40 bits per heavy atom. The Hall–Kier alpha value is -2.00. The molecule has 104 valence electrons. The zero-order chi connectivity index (χ0) is 14.7. The summed E-state index contributed by atoms with van der Waals surface area (Å²) < 4.78 is 5.22. The molecule has 2 aromatic rings. The molecule has 0 bridgehead atoms. The van der Waals surface area contributed by atoms with Gasteiger partial charge in [-0.2, -0.15) is 0 Å². The van der Waals surface area contributed by atoms with E-state index in [1.54, 1.807) is 30.1 Å². The summed E-state index contributed by atoms with van der Waals surface area (Å²) in [5.41, 5.74) is 2.47. The zero-order valence-electron chi connectivity index (χ0n) is 11.7. The minimum atomic E-state index is -0.137. The molecule has 0 unspecified atom stereocenters. The van der Waals surface area contributed by atoms with Gasteiger partial charge in [0, 0.05) is 17.8 Å². The van der Waals surface area contributed by atoms with Gasteiger partial charge in [0.1, 0.15) is 5.75 Å². The summed E-state index contributed by atoms with van der Waals surface area (Å²) >= 11 is 5.91. The summed E-state index contributed by atoms with van der Waals surface area (Å²) in [5, 5.41) is 0.538. The van der Waals surface area contributed by atoms with Crippen LogP contribution in [0.3, 0.4) is 0 Å². The van der Waals surface area contributed by atoms with E-state index in [4.69, 9.17) is 16.3 Å². The molecule has 0 saturated heterocycles. The van der Waals surface area contributed by atoms with Gasteiger partial charge in [0.25, 0.3) is 5.91 Å². The van der Waals surface area contributed by atoms with Crippen LogP contribution in [0.5, 0.6) is 5.75 Å². The van der Waals surface area contributed by atoms with Crippen LogP contribution in [0, 0.1) is 6.92 Å². The van der Waals surface area contributed by atoms with Crippen LogP contribution in [-0.2, 0) is 0 Å². The molecular weight excluding hydrogens is 274 g/mol. The molecule has 3 nitrogen and oxygen atoms in total. The van der Waals surface area contributed by atoms with E-state index < -0.39 is 0 Å². The molecule has 0 heterocycles. The van der Waals surface area contributed by atoms with Crippen molar-refractivity contribution >= 4 is 23.2 Å². The largest absolute Gasteiger partial charge is 0.496 e. The van der Waals surface area contributed by atoms with E-state index in [1.807, 2.05) is 31.2 Å². The first-order chi connectivity index (χ1) is 9.52. The average Bonchev–Trinajstić information content (AvgIpc) is 2.46. The predicted molar refractivity (Wildman–Crippen MR) is 81.9 cm³/mol. The van der Waals surface area contributed by atoms with Crippen LogP contribution >= 0.6 is 11.6 Å². The van der Waals surface area contributed by atoms with Crippen molar-refractivity contribution < 1.29 is 9.53 Å². The molecular formula is C16H16ClNO2. The summed E-state index contributed by atoms with van der Waals surface area (Å²) in [6, 6.07) is 12.8. The fourth-order valence-corrected chi connectivity index (χ4v) is 2.07. The highest BCUT2D eigenvalue weighted by atomic mass is 35.5. The number of carbonyl (C=O) groups excluding carboxylic acids is 1. The van der Waals surface area contributed by atoms with Crippen LogP contribution in [0.4, 0.5) is 5.69 Å². The van der Waals surface area contributed by atoms with Gasteiger partial charge in [-0.25, -0.2) is 0 Å². The maximum atomic E-state index is 12.5. The quantitative estimate of drug-likeness (QED) is 0.857. The molecule has 0 aliphatic heterocycles.